The number of hydrogen-bond donors (Lipinski definition) is 0. The fourth-order valence-electron chi connectivity index (χ4n) is 3.54. The quantitative estimate of drug-likeness (QED) is 0.683. The minimum Gasteiger partial charge on any atom is -0.375 e. The van der Waals surface area contributed by atoms with Gasteiger partial charge in [-0.3, -0.25) is 4.79 Å². The Morgan fingerprint density at radius 3 is 2.06 bits per heavy atom. The van der Waals surface area contributed by atoms with E-state index in [4.69, 9.17) is 4.74 Å². The van der Waals surface area contributed by atoms with Crippen molar-refractivity contribution in [2.45, 2.75) is 46.1 Å². The number of nitrogens with zero attached hydrogens (tertiary/aromatic N) is 1. The number of methoxy groups -OCH3 is 1. The molecule has 16 heavy (non-hydrogen) atoms. The summed E-state index contributed by atoms with van der Waals surface area (Å²) < 4.78 is 5.93. The average molecular weight is 225 g/mol. The summed E-state index contributed by atoms with van der Waals surface area (Å²) >= 11 is 0. The summed E-state index contributed by atoms with van der Waals surface area (Å²) in [6, 6.07) is 0. The Morgan fingerprint density at radius 1 is 1.25 bits per heavy atom. The van der Waals surface area contributed by atoms with Crippen LogP contribution in [0.4, 0.5) is 0 Å². The van der Waals surface area contributed by atoms with Crippen molar-refractivity contribution in [3.8, 4) is 0 Å². The van der Waals surface area contributed by atoms with Gasteiger partial charge in [0.05, 0.1) is 12.1 Å². The number of carbonyl (C=O) groups is 1. The first kappa shape index (κ1) is 11.9. The summed E-state index contributed by atoms with van der Waals surface area (Å²) in [5.41, 5.74) is 0.139. The molecule has 1 unspecified atom stereocenters. The lowest BCUT2D eigenvalue weighted by Crippen LogP contribution is -2.52. The molecule has 0 N–H and O–H groups in total. The Bertz CT molecular complexity index is 314. The Balaban J connectivity index is 2.36. The van der Waals surface area contributed by atoms with Gasteiger partial charge in [-0.25, -0.2) is 0 Å². The predicted molar refractivity (Wildman–Crippen MR) is 63.1 cm³/mol. The lowest BCUT2D eigenvalue weighted by Gasteiger charge is -2.45. The van der Waals surface area contributed by atoms with E-state index < -0.39 is 0 Å². The van der Waals surface area contributed by atoms with Crippen LogP contribution in [0.15, 0.2) is 0 Å². The highest BCUT2D eigenvalue weighted by Crippen LogP contribution is 2.64. The van der Waals surface area contributed by atoms with Crippen LogP contribution in [0.2, 0.25) is 0 Å². The smallest absolute Gasteiger partial charge is 0.219 e. The second-order valence-electron chi connectivity index (χ2n) is 6.44. The molecule has 3 heteroatoms. The molecular weight excluding hydrogens is 202 g/mol. The Hall–Kier alpha value is -0.570. The van der Waals surface area contributed by atoms with E-state index in [2.05, 4.69) is 20.8 Å². The van der Waals surface area contributed by atoms with Gasteiger partial charge in [-0.15, -0.1) is 0 Å². The lowest BCUT2D eigenvalue weighted by atomic mass is 9.68. The van der Waals surface area contributed by atoms with Gasteiger partial charge in [0.2, 0.25) is 5.91 Å². The molecule has 3 nitrogen and oxygen atoms in total. The number of hydrogen-bond acceptors (Lipinski definition) is 2. The Morgan fingerprint density at radius 2 is 1.81 bits per heavy atom. The topological polar surface area (TPSA) is 29.5 Å². The standard InChI is InChI=1S/C13H23NO2/c1-10(15)14-8-12(6-7-12)13(9-14,16-5)11(2,3)4/h6-9H2,1-5H3. The van der Waals surface area contributed by atoms with Crippen LogP contribution in [0, 0.1) is 10.8 Å². The zero-order chi connectivity index (χ0) is 12.2. The SMILES string of the molecule is COC1(C(C)(C)C)CN(C(C)=O)CC12CC2. The summed E-state index contributed by atoms with van der Waals surface area (Å²) in [7, 11) is 1.80. The molecule has 0 radical (unpaired) electrons. The van der Waals surface area contributed by atoms with Crippen molar-refractivity contribution in [2.75, 3.05) is 20.2 Å². The second kappa shape index (κ2) is 3.22. The highest BCUT2D eigenvalue weighted by atomic mass is 16.5. The van der Waals surface area contributed by atoms with Crippen LogP contribution in [-0.2, 0) is 9.53 Å². The molecule has 2 aliphatic rings. The van der Waals surface area contributed by atoms with Crippen molar-refractivity contribution >= 4 is 5.91 Å². The van der Waals surface area contributed by atoms with Gasteiger partial charge in [0.15, 0.2) is 0 Å². The van der Waals surface area contributed by atoms with Crippen molar-refractivity contribution in [1.82, 2.24) is 4.90 Å². The monoisotopic (exact) mass is 225 g/mol. The normalized spacial score (nSPS) is 32.2. The maximum absolute atomic E-state index is 11.6. The van der Waals surface area contributed by atoms with E-state index in [1.54, 1.807) is 14.0 Å². The number of amides is 1. The van der Waals surface area contributed by atoms with Crippen molar-refractivity contribution < 1.29 is 9.53 Å². The molecular formula is C13H23NO2. The minimum absolute atomic E-state index is 0.0719. The summed E-state index contributed by atoms with van der Waals surface area (Å²) in [5.74, 6) is 0.175. The molecule has 1 spiro atoms. The first-order chi connectivity index (χ1) is 7.28. The van der Waals surface area contributed by atoms with Gasteiger partial charge in [-0.1, -0.05) is 20.8 Å². The van der Waals surface area contributed by atoms with E-state index >= 15 is 0 Å². The Labute approximate surface area is 98.1 Å². The second-order valence-corrected chi connectivity index (χ2v) is 6.44. The molecule has 1 saturated heterocycles. The lowest BCUT2D eigenvalue weighted by molar-refractivity contribution is -0.134. The summed E-state index contributed by atoms with van der Waals surface area (Å²) in [6.07, 6.45) is 2.39. The number of likely N-dealkylation sites (tertiary alicyclic amines) is 1. The van der Waals surface area contributed by atoms with E-state index in [9.17, 15) is 4.79 Å². The van der Waals surface area contributed by atoms with Crippen LogP contribution in [0.1, 0.15) is 40.5 Å². The molecule has 92 valence electrons. The molecule has 1 heterocycles. The molecule has 1 aliphatic carbocycles. The van der Waals surface area contributed by atoms with Crippen LogP contribution in [-0.4, -0.2) is 36.6 Å². The molecule has 0 aromatic carbocycles. The predicted octanol–water partition coefficient (Wildman–Crippen LogP) is 2.06. The third kappa shape index (κ3) is 1.33. The molecule has 1 aliphatic heterocycles. The van der Waals surface area contributed by atoms with Crippen molar-refractivity contribution in [3.63, 3.8) is 0 Å². The maximum atomic E-state index is 11.6. The van der Waals surface area contributed by atoms with Gasteiger partial charge >= 0.3 is 0 Å². The van der Waals surface area contributed by atoms with Crippen LogP contribution >= 0.6 is 0 Å². The molecule has 1 amide bonds. The average Bonchev–Trinajstić information content (AvgIpc) is 2.79. The minimum atomic E-state index is -0.161. The van der Waals surface area contributed by atoms with Gasteiger partial charge in [-0.05, 0) is 18.3 Å². The zero-order valence-electron chi connectivity index (χ0n) is 11.1. The molecule has 2 fully saturated rings. The third-order valence-corrected chi connectivity index (χ3v) is 4.62. The fourth-order valence-corrected chi connectivity index (χ4v) is 3.54. The van der Waals surface area contributed by atoms with Crippen LogP contribution in [0.5, 0.6) is 0 Å². The van der Waals surface area contributed by atoms with Gasteiger partial charge in [0.25, 0.3) is 0 Å². The summed E-state index contributed by atoms with van der Waals surface area (Å²) in [5, 5.41) is 0. The van der Waals surface area contributed by atoms with Crippen LogP contribution in [0.3, 0.4) is 0 Å². The van der Waals surface area contributed by atoms with Gasteiger partial charge in [0, 0.05) is 26.0 Å². The van der Waals surface area contributed by atoms with Gasteiger partial charge < -0.3 is 9.64 Å². The highest BCUT2D eigenvalue weighted by Gasteiger charge is 2.69. The van der Waals surface area contributed by atoms with E-state index in [1.807, 2.05) is 4.90 Å². The van der Waals surface area contributed by atoms with Crippen molar-refractivity contribution in [1.29, 1.82) is 0 Å². The van der Waals surface area contributed by atoms with Gasteiger partial charge in [0.1, 0.15) is 0 Å². The number of rotatable bonds is 1. The summed E-state index contributed by atoms with van der Waals surface area (Å²) in [4.78, 5) is 13.5. The summed E-state index contributed by atoms with van der Waals surface area (Å²) in [6.45, 7) is 9.96. The van der Waals surface area contributed by atoms with Crippen molar-refractivity contribution in [3.05, 3.63) is 0 Å². The molecule has 0 bridgehead atoms. The largest absolute Gasteiger partial charge is 0.375 e. The first-order valence-corrected chi connectivity index (χ1v) is 6.09. The fraction of sp³-hybridized carbons (Fsp3) is 0.923. The maximum Gasteiger partial charge on any atom is 0.219 e. The molecule has 1 saturated carbocycles. The van der Waals surface area contributed by atoms with E-state index in [-0.39, 0.29) is 22.3 Å². The van der Waals surface area contributed by atoms with Crippen LogP contribution < -0.4 is 0 Å². The van der Waals surface area contributed by atoms with E-state index in [0.29, 0.717) is 0 Å². The van der Waals surface area contributed by atoms with E-state index in [1.165, 1.54) is 12.8 Å². The van der Waals surface area contributed by atoms with Crippen LogP contribution in [0.25, 0.3) is 0 Å². The van der Waals surface area contributed by atoms with Gasteiger partial charge in [-0.2, -0.15) is 0 Å². The molecule has 0 aromatic rings. The molecule has 1 atom stereocenters. The molecule has 2 rings (SSSR count). The van der Waals surface area contributed by atoms with Crippen molar-refractivity contribution in [2.24, 2.45) is 10.8 Å². The molecule has 0 aromatic heterocycles. The third-order valence-electron chi connectivity index (χ3n) is 4.62. The zero-order valence-corrected chi connectivity index (χ0v) is 11.1. The highest BCUT2D eigenvalue weighted by molar-refractivity contribution is 5.74. The van der Waals surface area contributed by atoms with E-state index in [0.717, 1.165) is 13.1 Å². The first-order valence-electron chi connectivity index (χ1n) is 6.09. The Kier molecular flexibility index (Phi) is 2.40. The number of carbonyl (C=O) groups excluding carboxylic acids is 1. The number of ether oxygens (including phenoxy) is 1.